The Kier molecular flexibility index (Phi) is 4.57. The minimum Gasteiger partial charge on any atom is -0.461 e. The number of rotatable bonds is 4. The zero-order valence-electron chi connectivity index (χ0n) is 9.55. The van der Waals surface area contributed by atoms with Crippen LogP contribution in [-0.4, -0.2) is 6.54 Å². The van der Waals surface area contributed by atoms with Crippen LogP contribution in [0.1, 0.15) is 12.2 Å². The van der Waals surface area contributed by atoms with Crippen molar-refractivity contribution in [2.24, 2.45) is 5.73 Å². The molecule has 0 aliphatic rings. The summed E-state index contributed by atoms with van der Waals surface area (Å²) in [5, 5.41) is 1.40. The Morgan fingerprint density at radius 3 is 2.44 bits per heavy atom. The molecule has 0 fully saturated rings. The zero-order chi connectivity index (χ0) is 13.1. The van der Waals surface area contributed by atoms with Crippen LogP contribution in [0.25, 0.3) is 11.3 Å². The van der Waals surface area contributed by atoms with Crippen molar-refractivity contribution < 1.29 is 4.42 Å². The predicted octanol–water partition coefficient (Wildman–Crippen LogP) is 4.80. The summed E-state index contributed by atoms with van der Waals surface area (Å²) in [5.41, 5.74) is 6.20. The second-order valence-corrected chi connectivity index (χ2v) is 5.13. The summed E-state index contributed by atoms with van der Waals surface area (Å²) in [7, 11) is 0. The fourth-order valence-corrected chi connectivity index (χ4v) is 2.28. The Morgan fingerprint density at radius 1 is 1.00 bits per heavy atom. The molecule has 2 nitrogen and oxygen atoms in total. The Labute approximate surface area is 121 Å². The van der Waals surface area contributed by atoms with Crippen LogP contribution in [0.4, 0.5) is 0 Å². The van der Waals surface area contributed by atoms with Crippen LogP contribution >= 0.6 is 34.8 Å². The fourth-order valence-electron chi connectivity index (χ4n) is 1.64. The lowest BCUT2D eigenvalue weighted by atomic mass is 10.2. The second-order valence-electron chi connectivity index (χ2n) is 3.90. The largest absolute Gasteiger partial charge is 0.461 e. The number of halogens is 3. The molecule has 0 radical (unpaired) electrons. The van der Waals surface area contributed by atoms with E-state index in [1.807, 2.05) is 12.1 Å². The van der Waals surface area contributed by atoms with Crippen LogP contribution in [0.3, 0.4) is 0 Å². The van der Waals surface area contributed by atoms with Gasteiger partial charge in [0.05, 0.1) is 15.1 Å². The first-order valence-corrected chi connectivity index (χ1v) is 6.69. The third kappa shape index (κ3) is 3.01. The average molecular weight is 305 g/mol. The van der Waals surface area contributed by atoms with Crippen molar-refractivity contribution in [1.29, 1.82) is 0 Å². The first kappa shape index (κ1) is 13.8. The lowest BCUT2D eigenvalue weighted by molar-refractivity contribution is 0.515. The number of aryl methyl sites for hydroxylation is 1. The smallest absolute Gasteiger partial charge is 0.135 e. The number of hydrogen-bond donors (Lipinski definition) is 1. The van der Waals surface area contributed by atoms with Crippen molar-refractivity contribution in [1.82, 2.24) is 0 Å². The molecule has 1 aromatic carbocycles. The maximum Gasteiger partial charge on any atom is 0.135 e. The first-order chi connectivity index (χ1) is 8.61. The number of nitrogens with two attached hydrogens (primary N) is 1. The van der Waals surface area contributed by atoms with Gasteiger partial charge in [-0.3, -0.25) is 0 Å². The highest BCUT2D eigenvalue weighted by molar-refractivity contribution is 6.44. The quantitative estimate of drug-likeness (QED) is 0.824. The standard InChI is InChI=1S/C13H12Cl3NO/c14-10-7-12(16)11(15)6-9(10)13-4-3-8(18-13)2-1-5-17/h3-4,6-7H,1-2,5,17H2. The van der Waals surface area contributed by atoms with Crippen molar-refractivity contribution in [3.05, 3.63) is 45.1 Å². The molecule has 18 heavy (non-hydrogen) atoms. The molecule has 0 saturated carbocycles. The summed E-state index contributed by atoms with van der Waals surface area (Å²) in [6.45, 7) is 0.642. The zero-order valence-corrected chi connectivity index (χ0v) is 11.8. The predicted molar refractivity (Wildman–Crippen MR) is 76.5 cm³/mol. The van der Waals surface area contributed by atoms with E-state index < -0.39 is 0 Å². The molecule has 0 spiro atoms. The summed E-state index contributed by atoms with van der Waals surface area (Å²) >= 11 is 18.0. The number of furan rings is 1. The third-order valence-electron chi connectivity index (χ3n) is 2.56. The van der Waals surface area contributed by atoms with Gasteiger partial charge in [-0.05, 0) is 37.2 Å². The van der Waals surface area contributed by atoms with Crippen molar-refractivity contribution in [2.45, 2.75) is 12.8 Å². The molecule has 1 aromatic heterocycles. The highest BCUT2D eigenvalue weighted by Crippen LogP contribution is 2.36. The van der Waals surface area contributed by atoms with E-state index in [0.717, 1.165) is 24.2 Å². The summed E-state index contributed by atoms with van der Waals surface area (Å²) in [4.78, 5) is 0. The van der Waals surface area contributed by atoms with Gasteiger partial charge in [-0.25, -0.2) is 0 Å². The summed E-state index contributed by atoms with van der Waals surface area (Å²) in [6, 6.07) is 7.11. The van der Waals surface area contributed by atoms with Crippen LogP contribution < -0.4 is 5.73 Å². The van der Waals surface area contributed by atoms with Gasteiger partial charge in [0.2, 0.25) is 0 Å². The van der Waals surface area contributed by atoms with Crippen molar-refractivity contribution in [3.63, 3.8) is 0 Å². The van der Waals surface area contributed by atoms with Gasteiger partial charge in [-0.15, -0.1) is 0 Å². The first-order valence-electron chi connectivity index (χ1n) is 5.55. The topological polar surface area (TPSA) is 39.2 Å². The van der Waals surface area contributed by atoms with Gasteiger partial charge in [-0.1, -0.05) is 34.8 Å². The molecule has 96 valence electrons. The maximum absolute atomic E-state index is 6.13. The molecule has 0 amide bonds. The molecule has 0 aliphatic heterocycles. The average Bonchev–Trinajstić information content (AvgIpc) is 2.79. The second kappa shape index (κ2) is 5.98. The molecule has 2 rings (SSSR count). The fraction of sp³-hybridized carbons (Fsp3) is 0.231. The lowest BCUT2D eigenvalue weighted by Crippen LogP contribution is -1.99. The molecule has 0 bridgehead atoms. The van der Waals surface area contributed by atoms with E-state index in [9.17, 15) is 0 Å². The van der Waals surface area contributed by atoms with E-state index in [4.69, 9.17) is 45.0 Å². The molecular formula is C13H12Cl3NO. The maximum atomic E-state index is 6.13. The van der Waals surface area contributed by atoms with E-state index in [0.29, 0.717) is 27.4 Å². The SMILES string of the molecule is NCCCc1ccc(-c2cc(Cl)c(Cl)cc2Cl)o1. The number of hydrogen-bond acceptors (Lipinski definition) is 2. The highest BCUT2D eigenvalue weighted by atomic mass is 35.5. The summed E-state index contributed by atoms with van der Waals surface area (Å²) in [6.07, 6.45) is 1.71. The van der Waals surface area contributed by atoms with Gasteiger partial charge in [-0.2, -0.15) is 0 Å². The van der Waals surface area contributed by atoms with E-state index >= 15 is 0 Å². The van der Waals surface area contributed by atoms with E-state index in [1.54, 1.807) is 12.1 Å². The third-order valence-corrected chi connectivity index (χ3v) is 3.60. The van der Waals surface area contributed by atoms with Gasteiger partial charge in [0.25, 0.3) is 0 Å². The summed E-state index contributed by atoms with van der Waals surface area (Å²) in [5.74, 6) is 1.57. The molecule has 5 heteroatoms. The Balaban J connectivity index is 2.31. The van der Waals surface area contributed by atoms with Crippen LogP contribution in [-0.2, 0) is 6.42 Å². The Hall–Kier alpha value is -0.670. The van der Waals surface area contributed by atoms with Gasteiger partial charge in [0.15, 0.2) is 0 Å². The van der Waals surface area contributed by atoms with E-state index in [-0.39, 0.29) is 0 Å². The van der Waals surface area contributed by atoms with Gasteiger partial charge in [0.1, 0.15) is 11.5 Å². The van der Waals surface area contributed by atoms with Gasteiger partial charge in [0, 0.05) is 12.0 Å². The lowest BCUT2D eigenvalue weighted by Gasteiger charge is -2.03. The molecule has 1 heterocycles. The highest BCUT2D eigenvalue weighted by Gasteiger charge is 2.11. The molecule has 0 unspecified atom stereocenters. The minimum atomic E-state index is 0.431. The molecular weight excluding hydrogens is 293 g/mol. The number of benzene rings is 1. The molecule has 0 saturated heterocycles. The van der Waals surface area contributed by atoms with Crippen LogP contribution in [0, 0.1) is 0 Å². The van der Waals surface area contributed by atoms with Crippen molar-refractivity contribution in [2.75, 3.05) is 6.54 Å². The molecule has 0 aliphatic carbocycles. The molecule has 2 N–H and O–H groups in total. The normalized spacial score (nSPS) is 10.9. The van der Waals surface area contributed by atoms with Crippen LogP contribution in [0.15, 0.2) is 28.7 Å². The molecule has 2 aromatic rings. The van der Waals surface area contributed by atoms with Crippen molar-refractivity contribution in [3.8, 4) is 11.3 Å². The van der Waals surface area contributed by atoms with E-state index in [1.165, 1.54) is 0 Å². The monoisotopic (exact) mass is 303 g/mol. The molecule has 0 atom stereocenters. The Bertz CT molecular complexity index is 551. The summed E-state index contributed by atoms with van der Waals surface area (Å²) < 4.78 is 5.71. The van der Waals surface area contributed by atoms with Crippen molar-refractivity contribution >= 4 is 34.8 Å². The minimum absolute atomic E-state index is 0.431. The van der Waals surface area contributed by atoms with E-state index in [2.05, 4.69) is 0 Å². The Morgan fingerprint density at radius 2 is 1.72 bits per heavy atom. The van der Waals surface area contributed by atoms with Crippen LogP contribution in [0.5, 0.6) is 0 Å². The van der Waals surface area contributed by atoms with Crippen LogP contribution in [0.2, 0.25) is 15.1 Å². The van der Waals surface area contributed by atoms with Gasteiger partial charge >= 0.3 is 0 Å². The van der Waals surface area contributed by atoms with Gasteiger partial charge < -0.3 is 10.2 Å².